The van der Waals surface area contributed by atoms with Gasteiger partial charge in [-0.1, -0.05) is 0 Å². The van der Waals surface area contributed by atoms with Crippen LogP contribution in [0.5, 0.6) is 5.75 Å². The Bertz CT molecular complexity index is 589. The van der Waals surface area contributed by atoms with Gasteiger partial charge in [-0.05, 0) is 36.4 Å². The highest BCUT2D eigenvalue weighted by Gasteiger charge is 2.07. The molecule has 0 saturated heterocycles. The van der Waals surface area contributed by atoms with Gasteiger partial charge in [0.25, 0.3) is 0 Å². The molecule has 0 aliphatic heterocycles. The number of amides is 1. The molecular formula is C17H21NO4. The quantitative estimate of drug-likeness (QED) is 0.762. The zero-order valence-electron chi connectivity index (χ0n) is 12.9. The van der Waals surface area contributed by atoms with Crippen LogP contribution in [0.2, 0.25) is 0 Å². The molecule has 0 radical (unpaired) electrons. The number of benzene rings is 1. The standard InChI is InChI=1S/C17H21NO4/c1-20-12-11-18-17(19)10-8-15-7-9-16(22-15)13-3-5-14(21-2)6-4-13/h3-7,9H,8,10-12H2,1-2H3,(H,18,19). The highest BCUT2D eigenvalue weighted by molar-refractivity contribution is 5.76. The lowest BCUT2D eigenvalue weighted by atomic mass is 10.2. The molecule has 0 spiro atoms. The first-order valence-corrected chi connectivity index (χ1v) is 7.21. The van der Waals surface area contributed by atoms with E-state index in [0.29, 0.717) is 26.0 Å². The summed E-state index contributed by atoms with van der Waals surface area (Å²) in [5.41, 5.74) is 0.983. The van der Waals surface area contributed by atoms with Gasteiger partial charge in [-0.3, -0.25) is 4.79 Å². The van der Waals surface area contributed by atoms with Crippen molar-refractivity contribution in [3.8, 4) is 17.1 Å². The number of hydrogen-bond donors (Lipinski definition) is 1. The Hall–Kier alpha value is -2.27. The van der Waals surface area contributed by atoms with Crippen molar-refractivity contribution < 1.29 is 18.7 Å². The fourth-order valence-electron chi connectivity index (χ4n) is 2.04. The van der Waals surface area contributed by atoms with E-state index in [1.807, 2.05) is 36.4 Å². The second-order valence-electron chi connectivity index (χ2n) is 4.84. The Labute approximate surface area is 130 Å². The molecule has 0 saturated carbocycles. The van der Waals surface area contributed by atoms with Gasteiger partial charge in [0, 0.05) is 32.1 Å². The molecule has 22 heavy (non-hydrogen) atoms. The molecule has 1 amide bonds. The van der Waals surface area contributed by atoms with Crippen LogP contribution in [0, 0.1) is 0 Å². The maximum absolute atomic E-state index is 11.6. The van der Waals surface area contributed by atoms with Crippen molar-refractivity contribution in [1.82, 2.24) is 5.32 Å². The highest BCUT2D eigenvalue weighted by Crippen LogP contribution is 2.24. The Morgan fingerprint density at radius 2 is 1.91 bits per heavy atom. The zero-order valence-corrected chi connectivity index (χ0v) is 12.9. The van der Waals surface area contributed by atoms with E-state index in [0.717, 1.165) is 22.8 Å². The van der Waals surface area contributed by atoms with E-state index in [1.54, 1.807) is 14.2 Å². The third-order valence-corrected chi connectivity index (χ3v) is 3.26. The molecule has 0 aliphatic rings. The summed E-state index contributed by atoms with van der Waals surface area (Å²) in [5, 5.41) is 2.79. The SMILES string of the molecule is COCCNC(=O)CCc1ccc(-c2ccc(OC)cc2)o1. The fraction of sp³-hybridized carbons (Fsp3) is 0.353. The van der Waals surface area contributed by atoms with E-state index in [4.69, 9.17) is 13.9 Å². The number of ether oxygens (including phenoxy) is 2. The van der Waals surface area contributed by atoms with Gasteiger partial charge in [0.1, 0.15) is 17.3 Å². The molecule has 2 rings (SSSR count). The van der Waals surface area contributed by atoms with Gasteiger partial charge in [0.2, 0.25) is 5.91 Å². The number of rotatable bonds is 8. The summed E-state index contributed by atoms with van der Waals surface area (Å²) in [7, 11) is 3.24. The number of nitrogens with one attached hydrogen (secondary N) is 1. The van der Waals surface area contributed by atoms with Crippen molar-refractivity contribution in [1.29, 1.82) is 0 Å². The molecule has 0 bridgehead atoms. The first kappa shape index (κ1) is 16.1. The minimum absolute atomic E-state index is 0.000512. The van der Waals surface area contributed by atoms with Crippen LogP contribution >= 0.6 is 0 Å². The minimum atomic E-state index is -0.000512. The van der Waals surface area contributed by atoms with Gasteiger partial charge >= 0.3 is 0 Å². The first-order valence-electron chi connectivity index (χ1n) is 7.21. The molecule has 1 N–H and O–H groups in total. The van der Waals surface area contributed by atoms with Crippen molar-refractivity contribution in [3.63, 3.8) is 0 Å². The molecule has 1 aromatic heterocycles. The van der Waals surface area contributed by atoms with E-state index in [2.05, 4.69) is 5.32 Å². The molecular weight excluding hydrogens is 282 g/mol. The maximum Gasteiger partial charge on any atom is 0.220 e. The molecule has 0 unspecified atom stereocenters. The third-order valence-electron chi connectivity index (χ3n) is 3.26. The van der Waals surface area contributed by atoms with Gasteiger partial charge in [-0.15, -0.1) is 0 Å². The molecule has 5 heteroatoms. The molecule has 5 nitrogen and oxygen atoms in total. The average Bonchev–Trinajstić information content (AvgIpc) is 3.02. The number of carbonyl (C=O) groups is 1. The smallest absolute Gasteiger partial charge is 0.220 e. The predicted molar refractivity (Wildman–Crippen MR) is 83.9 cm³/mol. The van der Waals surface area contributed by atoms with Gasteiger partial charge in [-0.2, -0.15) is 0 Å². The first-order chi connectivity index (χ1) is 10.7. The van der Waals surface area contributed by atoms with E-state index in [-0.39, 0.29) is 5.91 Å². The third kappa shape index (κ3) is 4.63. The second kappa shape index (κ2) is 8.24. The van der Waals surface area contributed by atoms with Crippen molar-refractivity contribution in [2.75, 3.05) is 27.4 Å². The minimum Gasteiger partial charge on any atom is -0.497 e. The van der Waals surface area contributed by atoms with Gasteiger partial charge in [0.05, 0.1) is 13.7 Å². The van der Waals surface area contributed by atoms with Crippen molar-refractivity contribution in [2.24, 2.45) is 0 Å². The predicted octanol–water partition coefficient (Wildman–Crippen LogP) is 2.65. The van der Waals surface area contributed by atoms with Crippen LogP contribution in [0.3, 0.4) is 0 Å². The second-order valence-corrected chi connectivity index (χ2v) is 4.84. The van der Waals surface area contributed by atoms with Crippen molar-refractivity contribution in [3.05, 3.63) is 42.2 Å². The molecule has 0 fully saturated rings. The van der Waals surface area contributed by atoms with Crippen LogP contribution in [-0.4, -0.2) is 33.3 Å². The monoisotopic (exact) mass is 303 g/mol. The van der Waals surface area contributed by atoms with Crippen LogP contribution in [0.4, 0.5) is 0 Å². The molecule has 1 heterocycles. The lowest BCUT2D eigenvalue weighted by Gasteiger charge is -2.03. The summed E-state index contributed by atoms with van der Waals surface area (Å²) >= 11 is 0. The van der Waals surface area contributed by atoms with E-state index < -0.39 is 0 Å². The van der Waals surface area contributed by atoms with E-state index in [1.165, 1.54) is 0 Å². The zero-order chi connectivity index (χ0) is 15.8. The Morgan fingerprint density at radius 1 is 1.14 bits per heavy atom. The van der Waals surface area contributed by atoms with Gasteiger partial charge in [0.15, 0.2) is 0 Å². The lowest BCUT2D eigenvalue weighted by Crippen LogP contribution is -2.26. The van der Waals surface area contributed by atoms with Crippen molar-refractivity contribution >= 4 is 5.91 Å². The van der Waals surface area contributed by atoms with Crippen LogP contribution in [-0.2, 0) is 16.0 Å². The maximum atomic E-state index is 11.6. The Morgan fingerprint density at radius 3 is 2.59 bits per heavy atom. The molecule has 2 aromatic rings. The Kier molecular flexibility index (Phi) is 6.03. The molecule has 0 aliphatic carbocycles. The van der Waals surface area contributed by atoms with Crippen LogP contribution in [0.15, 0.2) is 40.8 Å². The van der Waals surface area contributed by atoms with Crippen LogP contribution in [0.1, 0.15) is 12.2 Å². The number of methoxy groups -OCH3 is 2. The topological polar surface area (TPSA) is 60.7 Å². The molecule has 118 valence electrons. The number of carbonyl (C=O) groups excluding carboxylic acids is 1. The average molecular weight is 303 g/mol. The molecule has 0 atom stereocenters. The van der Waals surface area contributed by atoms with E-state index >= 15 is 0 Å². The number of hydrogen-bond acceptors (Lipinski definition) is 4. The largest absolute Gasteiger partial charge is 0.497 e. The van der Waals surface area contributed by atoms with E-state index in [9.17, 15) is 4.79 Å². The summed E-state index contributed by atoms with van der Waals surface area (Å²) < 4.78 is 15.8. The summed E-state index contributed by atoms with van der Waals surface area (Å²) in [4.78, 5) is 11.6. The number of aryl methyl sites for hydroxylation is 1. The fourth-order valence-corrected chi connectivity index (χ4v) is 2.04. The van der Waals surface area contributed by atoms with Crippen LogP contribution in [0.25, 0.3) is 11.3 Å². The lowest BCUT2D eigenvalue weighted by molar-refractivity contribution is -0.121. The van der Waals surface area contributed by atoms with Gasteiger partial charge in [-0.25, -0.2) is 0 Å². The normalized spacial score (nSPS) is 10.5. The molecule has 1 aromatic carbocycles. The Balaban J connectivity index is 1.86. The summed E-state index contributed by atoms with van der Waals surface area (Å²) in [5.74, 6) is 2.40. The number of furan rings is 1. The van der Waals surface area contributed by atoms with Gasteiger partial charge < -0.3 is 19.2 Å². The van der Waals surface area contributed by atoms with Crippen LogP contribution < -0.4 is 10.1 Å². The van der Waals surface area contributed by atoms with Crippen molar-refractivity contribution in [2.45, 2.75) is 12.8 Å². The summed E-state index contributed by atoms with van der Waals surface area (Å²) in [6.45, 7) is 1.05. The summed E-state index contributed by atoms with van der Waals surface area (Å²) in [6, 6.07) is 11.5. The summed E-state index contributed by atoms with van der Waals surface area (Å²) in [6.07, 6.45) is 0.980. The highest BCUT2D eigenvalue weighted by atomic mass is 16.5.